The van der Waals surface area contributed by atoms with Crippen LogP contribution < -0.4 is 108 Å². The Kier molecular flexibility index (Phi) is 10.3. The first kappa shape index (κ1) is 41.7. The maximum absolute atomic E-state index is 9.76. The summed E-state index contributed by atoms with van der Waals surface area (Å²) in [6.45, 7) is 19.7. The largest absolute Gasteiger partial charge is 0.458 e. The van der Waals surface area contributed by atoms with Crippen molar-refractivity contribution in [3.8, 4) is 103 Å². The summed E-state index contributed by atoms with van der Waals surface area (Å²) in [5.74, 6) is -4.67. The second-order valence-corrected chi connectivity index (χ2v) is 34.6. The summed E-state index contributed by atoms with van der Waals surface area (Å²) in [6.07, 6.45) is 2.73. The van der Waals surface area contributed by atoms with Gasteiger partial charge in [-0.1, -0.05) is 297 Å². The molecule has 0 saturated heterocycles. The molecule has 15 aromatic carbocycles. The van der Waals surface area contributed by atoms with Crippen LogP contribution >= 0.6 is 0 Å². The van der Waals surface area contributed by atoms with Gasteiger partial charge in [-0.2, -0.15) is 0 Å². The Bertz CT molecular complexity index is 10100. The predicted octanol–water partition coefficient (Wildman–Crippen LogP) is 23.2. The summed E-state index contributed by atoms with van der Waals surface area (Å²) < 4.78 is 525. The summed E-state index contributed by atoms with van der Waals surface area (Å²) in [4.78, 5) is 0.612. The van der Waals surface area contributed by atoms with Crippen molar-refractivity contribution in [1.29, 1.82) is 0 Å². The van der Waals surface area contributed by atoms with E-state index in [0.717, 1.165) is 0 Å². The van der Waals surface area contributed by atoms with E-state index in [-0.39, 0.29) is 265 Å². The lowest BCUT2D eigenvalue weighted by Crippen LogP contribution is -2.57. The molecule has 630 valence electrons. The molecule has 9 nitrogen and oxygen atoms in total. The Hall–Kier alpha value is -14.3. The Morgan fingerprint density at radius 1 is 0.302 bits per heavy atom. The SMILES string of the molecule is [2H]C([2H])=C([2H])c1c([2H])c([2H])c2c(c1[2H])B1c3c([2H])c(C([2H])=C([2H])[2H])c([2H])c([2H])c3Oc3c([2H])c(C)c([2H])c(c31)O2.[2H]c1c([2H])c([2H])c(C([2H])([2H])[2H])c(-c2c([2H])c3c4c(c2[2H])Oc2c([2H])c([2H])c(C(C)(C)C)c([2H])c2B4c2c([2H])c(C(C)(C)C)c([2H])c([2H])c2O3)c1[2H].[2H]c1c([2H])c([2H])c(N(c2c([2H])c([2H])c([2H])c([2H])c2[2H])c2c([2H])c3c4c(c2[2H])Oc2c([2H])c([2H])c(C(C)(C)C)c([2H])c2B4c2c([2H])c(C(C)(C)C)c([2H])c([2H])c2O3)c([2H])c1[2H].[2H]c1cc(C=C)c([2H])c2c1Oc1c([2H])c([2H])c([2H])c3c1B2c1c([2H])c(C=C)c([2H])c([2H])c1O3. The molecule has 13 heteroatoms. The minimum absolute atomic E-state index is 0.00596. The van der Waals surface area contributed by atoms with Gasteiger partial charge in [0.2, 0.25) is 0 Å². The molecule has 8 aliphatic rings. The van der Waals surface area contributed by atoms with Gasteiger partial charge in [0.05, 0.1) is 77.0 Å². The van der Waals surface area contributed by atoms with Crippen LogP contribution in [-0.2, 0) is 21.7 Å². The fraction of sp³-hybridized carbons (Fsp3) is 0.155. The number of rotatable bonds is 8. The molecule has 15 aromatic rings. The molecular weight excluding hydrogens is 1580 g/mol. The molecule has 0 atom stereocenters. The number of hydrogen-bond donors (Lipinski definition) is 0. The molecule has 0 unspecified atom stereocenters. The molecular formula is C116H101B4NO8. The number of nitrogens with zero attached hydrogens (tertiary/aromatic N) is 1. The lowest BCUT2D eigenvalue weighted by Gasteiger charge is -2.36. The fourth-order valence-corrected chi connectivity index (χ4v) is 15.5. The average molecular weight is 1740 g/mol. The first-order valence-corrected chi connectivity index (χ1v) is 40.4. The lowest BCUT2D eigenvalue weighted by molar-refractivity contribution is 0.463. The number of para-hydroxylation sites is 2. The van der Waals surface area contributed by atoms with Crippen molar-refractivity contribution in [3.63, 3.8) is 0 Å². The topological polar surface area (TPSA) is 77.1 Å². The van der Waals surface area contributed by atoms with Crippen molar-refractivity contribution in [2.45, 2.75) is 119 Å². The third-order valence-corrected chi connectivity index (χ3v) is 21.7. The van der Waals surface area contributed by atoms with Crippen molar-refractivity contribution in [2.75, 3.05) is 4.90 Å². The highest BCUT2D eigenvalue weighted by atomic mass is 16.5. The third-order valence-electron chi connectivity index (χ3n) is 21.7. The molecule has 0 N–H and O–H groups in total. The first-order valence-electron chi connectivity index (χ1n) is 67.9. The predicted molar refractivity (Wildman–Crippen MR) is 541 cm³/mol. The van der Waals surface area contributed by atoms with E-state index in [1.54, 1.807) is 83.1 Å². The average Bonchev–Trinajstić information content (AvgIpc) is 0.673. The van der Waals surface area contributed by atoms with Crippen LogP contribution in [0.3, 0.4) is 0 Å². The van der Waals surface area contributed by atoms with Gasteiger partial charge in [0.15, 0.2) is 0 Å². The highest BCUT2D eigenvalue weighted by Gasteiger charge is 2.47. The van der Waals surface area contributed by atoms with Crippen molar-refractivity contribution in [1.82, 2.24) is 0 Å². The zero-order valence-electron chi connectivity index (χ0n) is 126. The Morgan fingerprint density at radius 2 is 0.612 bits per heavy atom. The fourth-order valence-electron chi connectivity index (χ4n) is 15.5. The molecule has 8 aliphatic heterocycles. The van der Waals surface area contributed by atoms with E-state index < -0.39 is 330 Å². The van der Waals surface area contributed by atoms with Crippen molar-refractivity contribution >= 4 is 134 Å². The Balaban J connectivity index is 0.000000145. The number of anilines is 3. The minimum atomic E-state index is -3.14. The second-order valence-electron chi connectivity index (χ2n) is 34.6. The van der Waals surface area contributed by atoms with E-state index in [1.807, 2.05) is 0 Å². The smallest absolute Gasteiger partial charge is 0.260 e. The molecule has 0 spiro atoms. The maximum Gasteiger partial charge on any atom is 0.260 e. The number of benzene rings is 15. The van der Waals surface area contributed by atoms with Crippen LogP contribution in [0, 0.1) is 13.8 Å². The van der Waals surface area contributed by atoms with Gasteiger partial charge in [-0.15, -0.1) is 0 Å². The van der Waals surface area contributed by atoms with Gasteiger partial charge >= 0.3 is 0 Å². The normalized spacial score (nSPS) is 19.3. The van der Waals surface area contributed by atoms with Crippen LogP contribution in [0.4, 0.5) is 17.1 Å². The van der Waals surface area contributed by atoms with Crippen LogP contribution in [0.2, 0.25) is 0 Å². The van der Waals surface area contributed by atoms with E-state index in [1.165, 1.54) is 25.1 Å². The second kappa shape index (κ2) is 31.9. The van der Waals surface area contributed by atoms with Gasteiger partial charge in [0.25, 0.3) is 26.9 Å². The van der Waals surface area contributed by atoms with Gasteiger partial charge in [0, 0.05) is 49.4 Å². The molecule has 0 radical (unpaired) electrons. The van der Waals surface area contributed by atoms with E-state index in [2.05, 4.69) is 13.2 Å². The summed E-state index contributed by atoms with van der Waals surface area (Å²) in [5.41, 5.74) is -7.83. The molecule has 0 aliphatic carbocycles. The zero-order valence-corrected chi connectivity index (χ0v) is 71.2. The number of ether oxygens (including phenoxy) is 8. The molecule has 23 rings (SSSR count). The van der Waals surface area contributed by atoms with E-state index in [0.29, 0.717) is 10.5 Å². The van der Waals surface area contributed by atoms with Crippen LogP contribution in [-0.4, -0.2) is 26.9 Å². The molecule has 8 heterocycles. The summed E-state index contributed by atoms with van der Waals surface area (Å²) in [5, 5.41) is 0. The van der Waals surface area contributed by atoms with Crippen molar-refractivity contribution < 1.29 is 113 Å². The van der Waals surface area contributed by atoms with Gasteiger partial charge in [-0.25, -0.2) is 0 Å². The monoisotopic (exact) mass is 1740 g/mol. The van der Waals surface area contributed by atoms with Crippen molar-refractivity contribution in [2.24, 2.45) is 0 Å². The summed E-state index contributed by atoms with van der Waals surface area (Å²) in [7, 11) is 0. The Morgan fingerprint density at radius 3 is 0.984 bits per heavy atom. The van der Waals surface area contributed by atoms with Crippen LogP contribution in [0.25, 0.3) is 35.4 Å². The van der Waals surface area contributed by atoms with E-state index in [4.69, 9.17) is 99.6 Å². The Labute approximate surface area is 837 Å². The highest BCUT2D eigenvalue weighted by molar-refractivity contribution is 7.00. The minimum Gasteiger partial charge on any atom is -0.458 e. The van der Waals surface area contributed by atoms with Gasteiger partial charge in [-0.05, 0) is 255 Å². The van der Waals surface area contributed by atoms with Crippen LogP contribution in [0.5, 0.6) is 92.0 Å². The zero-order chi connectivity index (χ0) is 137. The summed E-state index contributed by atoms with van der Waals surface area (Å²) in [6, 6.07) is -26.3. The molecule has 0 bridgehead atoms. The third kappa shape index (κ3) is 15.1. The van der Waals surface area contributed by atoms with E-state index >= 15 is 0 Å². The van der Waals surface area contributed by atoms with Crippen LogP contribution in [0.1, 0.15) is 214 Å². The lowest BCUT2D eigenvalue weighted by atomic mass is 9.34. The van der Waals surface area contributed by atoms with Gasteiger partial charge < -0.3 is 42.8 Å². The summed E-state index contributed by atoms with van der Waals surface area (Å²) >= 11 is 0. The number of hydrogen-bond acceptors (Lipinski definition) is 9. The van der Waals surface area contributed by atoms with E-state index in [9.17, 15) is 13.7 Å². The quantitative estimate of drug-likeness (QED) is 0.138. The first-order chi connectivity index (χ1) is 85.1. The molecule has 129 heavy (non-hydrogen) atoms. The van der Waals surface area contributed by atoms with Crippen molar-refractivity contribution in [3.05, 3.63) is 366 Å². The van der Waals surface area contributed by atoms with Gasteiger partial charge in [0.1, 0.15) is 92.0 Å². The standard InChI is InChI=1S/C38H36BNO2.C33H33BO2.C23H17BO2.C22H15BO2/c1-37(2,3)25-17-19-32-30(21-25)39-31-22-26(38(4,5)6)18-20-33(31)42-35-24-29(23-34(41-32)36(35)39)40(27-13-9-7-10-14-27)28-15-11-8-12-16-28;1-20-10-8-9-11-24(20)21-16-29-31-30(17-21)36-28-15-13-23(33(5,6)7)19-26(28)34(31)25-18-22(32(2,3)4)12-14-27(25)35-29;1-4-15-6-8-19-17(12-15)24-18-13-16(5-2)7-9-20(18)26-22-11-14(3)10-21(25-19)23(22)24;1-3-14-8-10-18-16(12-14)23-17-13-15(4-2)9-11-19(17)25-21-7-5-6-20(24-18)22(21)23/h7-24H,1-6H3;8-19H,1-7H3;4-13H,1-2H2,3H3;3-13H,1-2H2/i7D,8D,9D,10D,11D,12D,13D,14D,15D,16D,17D,18D,19D,20D,21D,22D,23D,24D;1D3,8D,9D,10D,11D,12D,13D,14D,15D,16D,17D,18D,19D;1D2,2D2,4D,5D,6D,7D,8D,9D,10D,11D,12D,13D;5D,6D,7D,8D,10D,11D,12D,13D. The number of fused-ring (bicyclic) bond motifs is 16. The molecule has 0 aromatic heterocycles. The molecule has 0 saturated carbocycles. The molecule has 0 fully saturated rings. The molecule has 0 amide bonds. The highest BCUT2D eigenvalue weighted by Crippen LogP contribution is 2.47. The van der Waals surface area contributed by atoms with Crippen LogP contribution in [0.15, 0.2) is 310 Å². The maximum atomic E-state index is 9.76. The van der Waals surface area contributed by atoms with Gasteiger partial charge in [-0.3, -0.25) is 0 Å².